The average Bonchev–Trinajstić information content (AvgIpc) is 3.08. The van der Waals surface area contributed by atoms with Crippen molar-refractivity contribution >= 4 is 11.4 Å². The Morgan fingerprint density at radius 2 is 1.07 bits per heavy atom. The molecule has 0 heterocycles. The fourth-order valence-electron chi connectivity index (χ4n) is 8.27. The molecule has 4 heteroatoms. The number of ether oxygens (including phenoxy) is 2. The molecule has 0 saturated heterocycles. The van der Waals surface area contributed by atoms with E-state index < -0.39 is 0 Å². The van der Waals surface area contributed by atoms with Crippen molar-refractivity contribution < 1.29 is 9.47 Å². The molecule has 0 spiro atoms. The molecule has 0 radical (unpaired) electrons. The number of hydrogen-bond donors (Lipinski definition) is 2. The molecular formula is C42H52N2O2. The first kappa shape index (κ1) is 32.0. The van der Waals surface area contributed by atoms with Gasteiger partial charge >= 0.3 is 0 Å². The van der Waals surface area contributed by atoms with Crippen molar-refractivity contribution in [3.63, 3.8) is 0 Å². The van der Waals surface area contributed by atoms with Crippen LogP contribution in [-0.4, -0.2) is 0 Å². The summed E-state index contributed by atoms with van der Waals surface area (Å²) < 4.78 is 12.3. The van der Waals surface area contributed by atoms with Gasteiger partial charge in [-0.1, -0.05) is 88.3 Å². The van der Waals surface area contributed by atoms with Crippen LogP contribution in [0.1, 0.15) is 102 Å². The van der Waals surface area contributed by atoms with Crippen LogP contribution < -0.4 is 20.9 Å². The lowest BCUT2D eigenvalue weighted by Gasteiger charge is -2.44. The third kappa shape index (κ3) is 7.89. The topological polar surface area (TPSA) is 70.5 Å². The van der Waals surface area contributed by atoms with E-state index in [0.717, 1.165) is 40.8 Å². The summed E-state index contributed by atoms with van der Waals surface area (Å²) in [6.07, 6.45) is 17.7. The first-order valence-electron chi connectivity index (χ1n) is 17.8. The molecule has 0 atom stereocenters. The minimum absolute atomic E-state index is 0.0294. The van der Waals surface area contributed by atoms with Gasteiger partial charge in [0.2, 0.25) is 0 Å². The first-order chi connectivity index (χ1) is 22.5. The number of unbranched alkanes of at least 4 members (excludes halogenated alkanes) is 3. The molecule has 4 aromatic rings. The van der Waals surface area contributed by atoms with Crippen LogP contribution in [0.2, 0.25) is 0 Å². The monoisotopic (exact) mass is 616 g/mol. The van der Waals surface area contributed by atoms with E-state index in [2.05, 4.69) is 55.5 Å². The summed E-state index contributed by atoms with van der Waals surface area (Å²) >= 11 is 0. The van der Waals surface area contributed by atoms with Crippen molar-refractivity contribution in [3.05, 3.63) is 108 Å². The van der Waals surface area contributed by atoms with Gasteiger partial charge in [-0.15, -0.1) is 0 Å². The molecule has 2 aliphatic rings. The quantitative estimate of drug-likeness (QED) is 0.123. The zero-order chi connectivity index (χ0) is 31.8. The van der Waals surface area contributed by atoms with E-state index in [1.165, 1.54) is 94.6 Å². The molecule has 0 aromatic heterocycles. The molecule has 6 rings (SSSR count). The Morgan fingerprint density at radius 3 is 1.54 bits per heavy atom. The number of hydrogen-bond acceptors (Lipinski definition) is 4. The number of nitrogens with two attached hydrogens (primary N) is 2. The van der Waals surface area contributed by atoms with Crippen molar-refractivity contribution in [1.29, 1.82) is 0 Å². The van der Waals surface area contributed by atoms with Gasteiger partial charge in [0.25, 0.3) is 0 Å². The molecule has 2 aliphatic carbocycles. The molecule has 242 valence electrons. The van der Waals surface area contributed by atoms with E-state index in [4.69, 9.17) is 20.9 Å². The number of benzene rings is 4. The Bertz CT molecular complexity index is 1420. The number of nitrogen functional groups attached to an aromatic ring is 2. The summed E-state index contributed by atoms with van der Waals surface area (Å²) in [5, 5.41) is 0. The van der Waals surface area contributed by atoms with Crippen molar-refractivity contribution in [1.82, 2.24) is 0 Å². The first-order valence-corrected chi connectivity index (χ1v) is 17.8. The van der Waals surface area contributed by atoms with E-state index in [0.29, 0.717) is 11.4 Å². The molecule has 46 heavy (non-hydrogen) atoms. The second kappa shape index (κ2) is 15.1. The summed E-state index contributed by atoms with van der Waals surface area (Å²) in [5.74, 6) is 5.88. The van der Waals surface area contributed by atoms with Gasteiger partial charge in [0.15, 0.2) is 0 Å². The van der Waals surface area contributed by atoms with Crippen molar-refractivity contribution in [3.8, 4) is 23.0 Å². The fraction of sp³-hybridized carbons (Fsp3) is 0.429. The van der Waals surface area contributed by atoms with Crippen LogP contribution in [0, 0.1) is 17.8 Å². The maximum Gasteiger partial charge on any atom is 0.129 e. The van der Waals surface area contributed by atoms with Crippen molar-refractivity contribution in [2.45, 2.75) is 95.8 Å². The van der Waals surface area contributed by atoms with Crippen molar-refractivity contribution in [2.75, 3.05) is 11.5 Å². The Hall–Kier alpha value is -3.92. The Balaban J connectivity index is 1.17. The normalized spacial score (nSPS) is 19.8. The summed E-state index contributed by atoms with van der Waals surface area (Å²) in [5.41, 5.74) is 16.1. The van der Waals surface area contributed by atoms with Gasteiger partial charge in [-0.25, -0.2) is 0 Å². The van der Waals surface area contributed by atoms with Crippen LogP contribution in [-0.2, 0) is 5.41 Å². The van der Waals surface area contributed by atoms with Gasteiger partial charge < -0.3 is 20.9 Å². The lowest BCUT2D eigenvalue weighted by Crippen LogP contribution is -2.35. The summed E-state index contributed by atoms with van der Waals surface area (Å²) in [6, 6.07) is 32.8. The molecule has 4 nitrogen and oxygen atoms in total. The largest absolute Gasteiger partial charge is 0.457 e. The van der Waals surface area contributed by atoms with E-state index in [9.17, 15) is 0 Å². The third-order valence-electron chi connectivity index (χ3n) is 10.9. The van der Waals surface area contributed by atoms with E-state index >= 15 is 0 Å². The van der Waals surface area contributed by atoms with E-state index in [1.807, 2.05) is 48.5 Å². The highest BCUT2D eigenvalue weighted by molar-refractivity contribution is 5.48. The minimum atomic E-state index is -0.0294. The highest BCUT2D eigenvalue weighted by atomic mass is 16.5. The second-order valence-corrected chi connectivity index (χ2v) is 13.9. The van der Waals surface area contributed by atoms with Gasteiger partial charge in [0.05, 0.1) is 0 Å². The molecular weight excluding hydrogens is 564 g/mol. The maximum atomic E-state index is 6.16. The highest BCUT2D eigenvalue weighted by Crippen LogP contribution is 2.51. The molecule has 2 fully saturated rings. The SMILES string of the molecule is CCCCCCC1CCC(C2CCC(c3ccc(Oc4cccc(N)c4)cc3)(c3ccc(Oc4cccc(N)c4)cc3)CC2)CC1. The van der Waals surface area contributed by atoms with Crippen LogP contribution >= 0.6 is 0 Å². The molecule has 4 N–H and O–H groups in total. The third-order valence-corrected chi connectivity index (χ3v) is 10.9. The predicted molar refractivity (Wildman–Crippen MR) is 192 cm³/mol. The zero-order valence-corrected chi connectivity index (χ0v) is 27.6. The number of anilines is 2. The smallest absolute Gasteiger partial charge is 0.129 e. The fourth-order valence-corrected chi connectivity index (χ4v) is 8.27. The molecule has 0 amide bonds. The van der Waals surface area contributed by atoms with Crippen LogP contribution in [0.4, 0.5) is 11.4 Å². The molecule has 0 aliphatic heterocycles. The maximum absolute atomic E-state index is 6.16. The standard InChI is InChI=1S/C42H52N2O2/c1-2-3-4-5-8-31-13-15-32(16-14-31)33-25-27-42(28-26-33,34-17-21-38(22-18-34)45-40-11-6-9-36(43)29-40)35-19-23-39(24-20-35)46-41-12-7-10-37(44)30-41/h6-7,9-12,17-24,29-33H,2-5,8,13-16,25-28,43-44H2,1H3. The van der Waals surface area contributed by atoms with Crippen LogP contribution in [0.3, 0.4) is 0 Å². The summed E-state index contributed by atoms with van der Waals surface area (Å²) in [7, 11) is 0. The Kier molecular flexibility index (Phi) is 10.5. The second-order valence-electron chi connectivity index (χ2n) is 13.9. The van der Waals surface area contributed by atoms with Crippen LogP contribution in [0.15, 0.2) is 97.1 Å². The zero-order valence-electron chi connectivity index (χ0n) is 27.6. The van der Waals surface area contributed by atoms with Crippen LogP contribution in [0.25, 0.3) is 0 Å². The van der Waals surface area contributed by atoms with Crippen molar-refractivity contribution in [2.24, 2.45) is 17.8 Å². The predicted octanol–water partition coefficient (Wildman–Crippen LogP) is 11.7. The van der Waals surface area contributed by atoms with Gasteiger partial charge in [0.1, 0.15) is 23.0 Å². The summed E-state index contributed by atoms with van der Waals surface area (Å²) in [6.45, 7) is 2.31. The van der Waals surface area contributed by atoms with E-state index in [-0.39, 0.29) is 5.41 Å². The molecule has 4 aromatic carbocycles. The van der Waals surface area contributed by atoms with Gasteiger partial charge in [-0.2, -0.15) is 0 Å². The van der Waals surface area contributed by atoms with Gasteiger partial charge in [0, 0.05) is 28.9 Å². The Morgan fingerprint density at radius 1 is 0.565 bits per heavy atom. The molecule has 2 saturated carbocycles. The van der Waals surface area contributed by atoms with Gasteiger partial charge in [-0.05, 0) is 116 Å². The lowest BCUT2D eigenvalue weighted by molar-refractivity contribution is 0.140. The molecule has 0 unspecified atom stereocenters. The lowest BCUT2D eigenvalue weighted by atomic mass is 9.60. The van der Waals surface area contributed by atoms with Gasteiger partial charge in [-0.3, -0.25) is 0 Å². The minimum Gasteiger partial charge on any atom is -0.457 e. The molecule has 0 bridgehead atoms. The Labute approximate surface area is 276 Å². The van der Waals surface area contributed by atoms with Crippen LogP contribution in [0.5, 0.6) is 23.0 Å². The average molecular weight is 617 g/mol. The number of rotatable bonds is 12. The van der Waals surface area contributed by atoms with E-state index in [1.54, 1.807) is 0 Å². The summed E-state index contributed by atoms with van der Waals surface area (Å²) in [4.78, 5) is 0. The highest BCUT2D eigenvalue weighted by Gasteiger charge is 2.41.